The van der Waals surface area contributed by atoms with Gasteiger partial charge >= 0.3 is 5.97 Å². The lowest BCUT2D eigenvalue weighted by Gasteiger charge is -2.14. The molecule has 1 aromatic heterocycles. The second-order valence-electron chi connectivity index (χ2n) is 6.15. The molecule has 134 valence electrons. The normalized spacial score (nSPS) is 12.0. The number of carboxylic acid groups (broad SMARTS) is 1. The fraction of sp³-hybridized carbons (Fsp3) is 0.200. The van der Waals surface area contributed by atoms with Crippen molar-refractivity contribution >= 4 is 22.8 Å². The van der Waals surface area contributed by atoms with Crippen molar-refractivity contribution in [1.82, 2.24) is 10.3 Å². The maximum atomic E-state index is 12.2. The number of nitrogens with one attached hydrogen (secondary N) is 2. The Morgan fingerprint density at radius 3 is 2.54 bits per heavy atom. The van der Waals surface area contributed by atoms with Crippen LogP contribution in [-0.2, 0) is 22.4 Å². The summed E-state index contributed by atoms with van der Waals surface area (Å²) in [6.45, 7) is 0. The second-order valence-corrected chi connectivity index (χ2v) is 6.15. The van der Waals surface area contributed by atoms with Gasteiger partial charge in [-0.15, -0.1) is 0 Å². The largest absolute Gasteiger partial charge is 0.508 e. The van der Waals surface area contributed by atoms with Gasteiger partial charge in [0.2, 0.25) is 5.91 Å². The number of para-hydroxylation sites is 2. The number of carboxylic acids is 1. The van der Waals surface area contributed by atoms with E-state index in [0.717, 1.165) is 16.5 Å². The van der Waals surface area contributed by atoms with Crippen molar-refractivity contribution in [2.45, 2.75) is 25.3 Å². The van der Waals surface area contributed by atoms with E-state index in [2.05, 4.69) is 10.3 Å². The van der Waals surface area contributed by atoms with Crippen LogP contribution < -0.4 is 5.32 Å². The van der Waals surface area contributed by atoms with Crippen molar-refractivity contribution in [3.63, 3.8) is 0 Å². The standard InChI is InChI=1S/C20H20N2O4/c23-18-8-4-1-5-13(18)9-10-19(24)22-17(20(25)26)11-14-12-21-16-7-3-2-6-15(14)16/h1-8,12,17,21,23H,9-11H2,(H,22,24)(H,25,26)/t17-/m1/s1. The van der Waals surface area contributed by atoms with Gasteiger partial charge in [-0.3, -0.25) is 4.79 Å². The molecule has 0 radical (unpaired) electrons. The Morgan fingerprint density at radius 2 is 1.77 bits per heavy atom. The Morgan fingerprint density at radius 1 is 1.04 bits per heavy atom. The molecule has 2 aromatic carbocycles. The van der Waals surface area contributed by atoms with E-state index in [1.54, 1.807) is 30.5 Å². The van der Waals surface area contributed by atoms with Gasteiger partial charge in [-0.2, -0.15) is 0 Å². The molecule has 6 nitrogen and oxygen atoms in total. The van der Waals surface area contributed by atoms with E-state index in [-0.39, 0.29) is 24.5 Å². The maximum absolute atomic E-state index is 12.2. The highest BCUT2D eigenvalue weighted by molar-refractivity contribution is 5.86. The van der Waals surface area contributed by atoms with Gasteiger partial charge in [-0.1, -0.05) is 36.4 Å². The summed E-state index contributed by atoms with van der Waals surface area (Å²) in [5.74, 6) is -1.31. The third-order valence-electron chi connectivity index (χ3n) is 4.35. The number of aromatic amines is 1. The van der Waals surface area contributed by atoms with Gasteiger partial charge in [-0.05, 0) is 29.7 Å². The van der Waals surface area contributed by atoms with E-state index in [4.69, 9.17) is 0 Å². The summed E-state index contributed by atoms with van der Waals surface area (Å²) >= 11 is 0. The lowest BCUT2D eigenvalue weighted by Crippen LogP contribution is -2.42. The van der Waals surface area contributed by atoms with Crippen molar-refractivity contribution in [1.29, 1.82) is 0 Å². The zero-order chi connectivity index (χ0) is 18.5. The molecule has 1 atom stereocenters. The van der Waals surface area contributed by atoms with Crippen LogP contribution in [0.15, 0.2) is 54.7 Å². The van der Waals surface area contributed by atoms with E-state index in [9.17, 15) is 19.8 Å². The Balaban J connectivity index is 1.64. The van der Waals surface area contributed by atoms with Crippen LogP contribution in [0.4, 0.5) is 0 Å². The van der Waals surface area contributed by atoms with Crippen LogP contribution in [0.25, 0.3) is 10.9 Å². The summed E-state index contributed by atoms with van der Waals surface area (Å²) in [6, 6.07) is 13.4. The molecule has 26 heavy (non-hydrogen) atoms. The lowest BCUT2D eigenvalue weighted by atomic mass is 10.0. The maximum Gasteiger partial charge on any atom is 0.326 e. The molecule has 6 heteroatoms. The highest BCUT2D eigenvalue weighted by atomic mass is 16.4. The zero-order valence-electron chi connectivity index (χ0n) is 14.1. The smallest absolute Gasteiger partial charge is 0.326 e. The SMILES string of the molecule is O=C(CCc1ccccc1O)N[C@H](Cc1c[nH]c2ccccc12)C(=O)O. The Labute approximate surface area is 150 Å². The lowest BCUT2D eigenvalue weighted by molar-refractivity contribution is -0.141. The van der Waals surface area contributed by atoms with Crippen molar-refractivity contribution in [3.8, 4) is 5.75 Å². The number of hydrogen-bond acceptors (Lipinski definition) is 3. The number of phenolic OH excluding ortho intramolecular Hbond substituents is 1. The molecular formula is C20H20N2O4. The minimum atomic E-state index is -1.08. The summed E-state index contributed by atoms with van der Waals surface area (Å²) in [7, 11) is 0. The number of benzene rings is 2. The summed E-state index contributed by atoms with van der Waals surface area (Å²) in [5.41, 5.74) is 2.43. The average molecular weight is 352 g/mol. The molecule has 1 heterocycles. The number of amides is 1. The fourth-order valence-corrected chi connectivity index (χ4v) is 2.96. The Bertz CT molecular complexity index is 932. The Hall–Kier alpha value is -3.28. The van der Waals surface area contributed by atoms with Crippen LogP contribution in [0.2, 0.25) is 0 Å². The molecule has 0 bridgehead atoms. The number of aromatic nitrogens is 1. The molecule has 0 spiro atoms. The van der Waals surface area contributed by atoms with E-state index in [1.165, 1.54) is 0 Å². The van der Waals surface area contributed by atoms with Crippen LogP contribution >= 0.6 is 0 Å². The van der Waals surface area contributed by atoms with Gasteiger partial charge in [-0.25, -0.2) is 4.79 Å². The monoisotopic (exact) mass is 352 g/mol. The first-order valence-corrected chi connectivity index (χ1v) is 8.38. The van der Waals surface area contributed by atoms with E-state index < -0.39 is 12.0 Å². The number of phenols is 1. The number of hydrogen-bond donors (Lipinski definition) is 4. The van der Waals surface area contributed by atoms with Crippen LogP contribution in [0.3, 0.4) is 0 Å². The number of carbonyl (C=O) groups excluding carboxylic acids is 1. The van der Waals surface area contributed by atoms with E-state index in [0.29, 0.717) is 12.0 Å². The summed E-state index contributed by atoms with van der Waals surface area (Å²) < 4.78 is 0. The van der Waals surface area contributed by atoms with Crippen molar-refractivity contribution in [3.05, 3.63) is 65.9 Å². The molecule has 0 aliphatic carbocycles. The quantitative estimate of drug-likeness (QED) is 0.525. The minimum Gasteiger partial charge on any atom is -0.508 e. The minimum absolute atomic E-state index is 0.106. The van der Waals surface area contributed by atoms with Crippen LogP contribution in [0, 0.1) is 0 Å². The third-order valence-corrected chi connectivity index (χ3v) is 4.35. The predicted molar refractivity (Wildman–Crippen MR) is 98.0 cm³/mol. The zero-order valence-corrected chi connectivity index (χ0v) is 14.1. The molecule has 3 aromatic rings. The van der Waals surface area contributed by atoms with Crippen molar-refractivity contribution < 1.29 is 19.8 Å². The number of aromatic hydroxyl groups is 1. The number of carbonyl (C=O) groups is 2. The topological polar surface area (TPSA) is 102 Å². The molecule has 0 aliphatic rings. The van der Waals surface area contributed by atoms with Crippen molar-refractivity contribution in [2.24, 2.45) is 0 Å². The van der Waals surface area contributed by atoms with Crippen LogP contribution in [0.1, 0.15) is 17.5 Å². The first kappa shape index (κ1) is 17.5. The van der Waals surface area contributed by atoms with Crippen molar-refractivity contribution in [2.75, 3.05) is 0 Å². The molecular weight excluding hydrogens is 332 g/mol. The first-order valence-electron chi connectivity index (χ1n) is 8.38. The molecule has 1 amide bonds. The second kappa shape index (κ2) is 7.74. The molecule has 3 rings (SSSR count). The average Bonchev–Trinajstić information content (AvgIpc) is 3.03. The Kier molecular flexibility index (Phi) is 5.22. The number of aryl methyl sites for hydroxylation is 1. The van der Waals surface area contributed by atoms with E-state index >= 15 is 0 Å². The van der Waals surface area contributed by atoms with Gasteiger partial charge in [0.15, 0.2) is 0 Å². The molecule has 0 aliphatic heterocycles. The van der Waals surface area contributed by atoms with E-state index in [1.807, 2.05) is 24.3 Å². The highest BCUT2D eigenvalue weighted by Gasteiger charge is 2.21. The molecule has 0 unspecified atom stereocenters. The number of H-pyrrole nitrogens is 1. The molecule has 0 saturated carbocycles. The van der Waals surface area contributed by atoms with Crippen LogP contribution in [-0.4, -0.2) is 33.1 Å². The van der Waals surface area contributed by atoms with Gasteiger partial charge in [0, 0.05) is 29.9 Å². The summed E-state index contributed by atoms with van der Waals surface area (Å²) in [5, 5.41) is 22.7. The number of aliphatic carboxylic acids is 1. The van der Waals surface area contributed by atoms with Crippen LogP contribution in [0.5, 0.6) is 5.75 Å². The summed E-state index contributed by atoms with van der Waals surface area (Å²) in [6.07, 6.45) is 2.42. The van der Waals surface area contributed by atoms with Gasteiger partial charge < -0.3 is 20.5 Å². The molecule has 0 fully saturated rings. The third kappa shape index (κ3) is 4.03. The number of rotatable bonds is 7. The molecule has 0 saturated heterocycles. The van der Waals surface area contributed by atoms with Gasteiger partial charge in [0.1, 0.15) is 11.8 Å². The number of fused-ring (bicyclic) bond motifs is 1. The summed E-state index contributed by atoms with van der Waals surface area (Å²) in [4.78, 5) is 26.8. The van der Waals surface area contributed by atoms with Gasteiger partial charge in [0.05, 0.1) is 0 Å². The van der Waals surface area contributed by atoms with Gasteiger partial charge in [0.25, 0.3) is 0 Å². The first-order chi connectivity index (χ1) is 12.5. The molecule has 4 N–H and O–H groups in total. The predicted octanol–water partition coefficient (Wildman–Crippen LogP) is 2.62. The fourth-order valence-electron chi connectivity index (χ4n) is 2.96. The highest BCUT2D eigenvalue weighted by Crippen LogP contribution is 2.20.